The molecule has 0 spiro atoms. The van der Waals surface area contributed by atoms with Gasteiger partial charge in [0.05, 0.1) is 18.2 Å². The molecule has 0 saturated carbocycles. The summed E-state index contributed by atoms with van der Waals surface area (Å²) < 4.78 is 18.8. The molecule has 1 atom stereocenters. The summed E-state index contributed by atoms with van der Waals surface area (Å²) in [5.41, 5.74) is 7.09. The minimum absolute atomic E-state index is 0.110. The molecule has 2 amide bonds. The van der Waals surface area contributed by atoms with E-state index in [1.54, 1.807) is 42.5 Å². The van der Waals surface area contributed by atoms with Crippen LogP contribution in [-0.2, 0) is 4.79 Å². The average molecular weight is 472 g/mol. The molecule has 0 fully saturated rings. The summed E-state index contributed by atoms with van der Waals surface area (Å²) >= 11 is 0. The Morgan fingerprint density at radius 3 is 2.34 bits per heavy atom. The van der Waals surface area contributed by atoms with Gasteiger partial charge in [0.15, 0.2) is 0 Å². The maximum Gasteiger partial charge on any atom is 0.249 e. The van der Waals surface area contributed by atoms with Crippen molar-refractivity contribution in [1.29, 1.82) is 0 Å². The zero-order chi connectivity index (χ0) is 24.8. The highest BCUT2D eigenvalue weighted by Crippen LogP contribution is 2.26. The van der Waals surface area contributed by atoms with E-state index in [1.807, 2.05) is 0 Å². The van der Waals surface area contributed by atoms with Gasteiger partial charge in [-0.3, -0.25) is 14.6 Å². The topological polar surface area (TPSA) is 127 Å². The summed E-state index contributed by atoms with van der Waals surface area (Å²) in [5.74, 6) is -1.34. The first-order valence-electron chi connectivity index (χ1n) is 10.6. The zero-order valence-electron chi connectivity index (χ0n) is 18.4. The van der Waals surface area contributed by atoms with Gasteiger partial charge in [-0.1, -0.05) is 6.07 Å². The summed E-state index contributed by atoms with van der Waals surface area (Å²) in [4.78, 5) is 33.0. The number of ether oxygens (including phenoxy) is 1. The Balaban J connectivity index is 1.49. The Hall–Kier alpha value is -4.63. The lowest BCUT2D eigenvalue weighted by Gasteiger charge is -2.16. The lowest BCUT2D eigenvalue weighted by Crippen LogP contribution is -2.27. The Bertz CT molecular complexity index is 1340. The van der Waals surface area contributed by atoms with Crippen LogP contribution in [0.15, 0.2) is 85.2 Å². The van der Waals surface area contributed by atoms with Crippen LogP contribution in [0, 0.1) is 5.82 Å². The van der Waals surface area contributed by atoms with Gasteiger partial charge in [-0.05, 0) is 72.3 Å². The van der Waals surface area contributed by atoms with Crippen molar-refractivity contribution in [3.05, 3.63) is 102 Å². The molecule has 0 radical (unpaired) electrons. The number of aromatic nitrogens is 2. The van der Waals surface area contributed by atoms with Gasteiger partial charge >= 0.3 is 0 Å². The molecular formula is C26H21FN4O4. The molecule has 4 N–H and O–H groups in total. The number of nitrogens with zero attached hydrogens (tertiary/aromatic N) is 2. The third-order valence-electron chi connectivity index (χ3n) is 5.19. The van der Waals surface area contributed by atoms with Crippen LogP contribution in [0.2, 0.25) is 0 Å². The number of carbonyl (C=O) groups excluding carboxylic acids is 2. The molecule has 4 aromatic rings. The van der Waals surface area contributed by atoms with Crippen molar-refractivity contribution < 1.29 is 23.8 Å². The van der Waals surface area contributed by atoms with Crippen molar-refractivity contribution >= 4 is 17.6 Å². The second kappa shape index (κ2) is 10.5. The number of hydrogen-bond donors (Lipinski definition) is 3. The first-order valence-corrected chi connectivity index (χ1v) is 10.6. The smallest absolute Gasteiger partial charge is 0.249 e. The highest BCUT2D eigenvalue weighted by atomic mass is 19.1. The van der Waals surface area contributed by atoms with Crippen molar-refractivity contribution in [3.8, 4) is 22.8 Å². The van der Waals surface area contributed by atoms with E-state index in [1.165, 1.54) is 42.7 Å². The Morgan fingerprint density at radius 1 is 1.00 bits per heavy atom. The van der Waals surface area contributed by atoms with Gasteiger partial charge in [0.1, 0.15) is 23.1 Å². The molecule has 0 aliphatic heterocycles. The van der Waals surface area contributed by atoms with Crippen LogP contribution in [0.5, 0.6) is 11.5 Å². The second-order valence-corrected chi connectivity index (χ2v) is 7.54. The molecule has 0 saturated heterocycles. The molecule has 35 heavy (non-hydrogen) atoms. The number of primary amides is 1. The third-order valence-corrected chi connectivity index (χ3v) is 5.19. The number of amides is 2. The Labute approximate surface area is 200 Å². The van der Waals surface area contributed by atoms with Gasteiger partial charge in [-0.2, -0.15) is 0 Å². The van der Waals surface area contributed by atoms with E-state index in [0.717, 1.165) is 5.56 Å². The summed E-state index contributed by atoms with van der Waals surface area (Å²) in [7, 11) is 0. The number of nitrogens with two attached hydrogens (primary N) is 1. The maximum absolute atomic E-state index is 13.1. The molecule has 8 nitrogen and oxygen atoms in total. The zero-order valence-corrected chi connectivity index (χ0v) is 18.4. The fourth-order valence-electron chi connectivity index (χ4n) is 3.44. The fourth-order valence-corrected chi connectivity index (χ4v) is 3.44. The lowest BCUT2D eigenvalue weighted by molar-refractivity contribution is -0.118. The van der Waals surface area contributed by atoms with Gasteiger partial charge in [0.25, 0.3) is 0 Å². The van der Waals surface area contributed by atoms with Crippen molar-refractivity contribution in [2.45, 2.75) is 5.92 Å². The number of pyridine rings is 2. The fraction of sp³-hybridized carbons (Fsp3) is 0.0769. The van der Waals surface area contributed by atoms with Crippen LogP contribution in [0.4, 0.5) is 10.2 Å². The molecule has 9 heteroatoms. The third kappa shape index (κ3) is 5.66. The molecule has 2 heterocycles. The molecule has 176 valence electrons. The quantitative estimate of drug-likeness (QED) is 0.357. The molecule has 0 unspecified atom stereocenters. The van der Waals surface area contributed by atoms with E-state index in [-0.39, 0.29) is 22.8 Å². The number of nitrogens with one attached hydrogen (secondary N) is 1. The summed E-state index contributed by atoms with van der Waals surface area (Å²) in [6.45, 7) is -0.549. The first kappa shape index (κ1) is 23.5. The Kier molecular flexibility index (Phi) is 7.08. The molecular weight excluding hydrogens is 451 g/mol. The number of aliphatic hydroxyl groups is 1. The number of carbonyl (C=O) groups is 2. The van der Waals surface area contributed by atoms with Crippen LogP contribution >= 0.6 is 0 Å². The van der Waals surface area contributed by atoms with Gasteiger partial charge in [0.2, 0.25) is 11.8 Å². The molecule has 2 aromatic carbocycles. The minimum atomic E-state index is -1.06. The van der Waals surface area contributed by atoms with Gasteiger partial charge in [-0.25, -0.2) is 9.37 Å². The highest BCUT2D eigenvalue weighted by Gasteiger charge is 2.25. The van der Waals surface area contributed by atoms with Crippen LogP contribution in [0.25, 0.3) is 11.3 Å². The van der Waals surface area contributed by atoms with E-state index in [9.17, 15) is 19.1 Å². The van der Waals surface area contributed by atoms with Gasteiger partial charge in [0, 0.05) is 23.5 Å². The van der Waals surface area contributed by atoms with E-state index >= 15 is 0 Å². The average Bonchev–Trinajstić information content (AvgIpc) is 2.87. The molecule has 2 aromatic heterocycles. The molecule has 0 aliphatic carbocycles. The first-order chi connectivity index (χ1) is 16.9. The standard InChI is InChI=1S/C26H21FN4O4/c27-17-6-10-19(11-7-17)35-18-8-4-16(5-9-18)23-2-1-3-24(30-23)31-26(34)22(15-32)21-14-29-13-12-20(21)25(28)33/h1-14,22,32H,15H2,(H2,28,33)(H,30,31,34)/t22-/m1/s1. The van der Waals surface area contributed by atoms with E-state index in [2.05, 4.69) is 15.3 Å². The maximum atomic E-state index is 13.1. The van der Waals surface area contributed by atoms with Crippen LogP contribution in [0.1, 0.15) is 21.8 Å². The van der Waals surface area contributed by atoms with E-state index in [0.29, 0.717) is 17.2 Å². The predicted octanol–water partition coefficient (Wildman–Crippen LogP) is 3.89. The second-order valence-electron chi connectivity index (χ2n) is 7.54. The number of anilines is 1. The lowest BCUT2D eigenvalue weighted by atomic mass is 9.95. The van der Waals surface area contributed by atoms with Crippen molar-refractivity contribution in [1.82, 2.24) is 9.97 Å². The van der Waals surface area contributed by atoms with Gasteiger partial charge in [-0.15, -0.1) is 0 Å². The molecule has 4 rings (SSSR count). The molecule has 0 bridgehead atoms. The predicted molar refractivity (Wildman–Crippen MR) is 127 cm³/mol. The number of benzene rings is 2. The highest BCUT2D eigenvalue weighted by molar-refractivity contribution is 6.00. The van der Waals surface area contributed by atoms with Crippen LogP contribution in [-0.4, -0.2) is 33.5 Å². The van der Waals surface area contributed by atoms with Crippen LogP contribution < -0.4 is 15.8 Å². The summed E-state index contributed by atoms with van der Waals surface area (Å²) in [6, 6.07) is 19.3. The monoisotopic (exact) mass is 472 g/mol. The SMILES string of the molecule is NC(=O)c1ccncc1[C@@H](CO)C(=O)Nc1cccc(-c2ccc(Oc3ccc(F)cc3)cc2)n1. The van der Waals surface area contributed by atoms with Gasteiger partial charge < -0.3 is 20.9 Å². The van der Waals surface area contributed by atoms with Crippen LogP contribution in [0.3, 0.4) is 0 Å². The number of aliphatic hydroxyl groups excluding tert-OH is 1. The number of halogens is 1. The summed E-state index contributed by atoms with van der Waals surface area (Å²) in [5, 5.41) is 12.5. The normalized spacial score (nSPS) is 11.5. The number of hydrogen-bond acceptors (Lipinski definition) is 6. The number of rotatable bonds is 8. The van der Waals surface area contributed by atoms with Crippen molar-refractivity contribution in [3.63, 3.8) is 0 Å². The van der Waals surface area contributed by atoms with E-state index in [4.69, 9.17) is 10.5 Å². The van der Waals surface area contributed by atoms with Crippen molar-refractivity contribution in [2.75, 3.05) is 11.9 Å². The van der Waals surface area contributed by atoms with Crippen molar-refractivity contribution in [2.24, 2.45) is 5.73 Å². The van der Waals surface area contributed by atoms with E-state index < -0.39 is 24.3 Å². The Morgan fingerprint density at radius 2 is 1.69 bits per heavy atom. The summed E-state index contributed by atoms with van der Waals surface area (Å²) in [6.07, 6.45) is 2.72. The molecule has 0 aliphatic rings. The minimum Gasteiger partial charge on any atom is -0.457 e. The largest absolute Gasteiger partial charge is 0.457 e.